The fourth-order valence-electron chi connectivity index (χ4n) is 0.670. The van der Waals surface area contributed by atoms with Gasteiger partial charge in [0.05, 0.1) is 0 Å². The normalized spacial score (nSPS) is 10.3. The van der Waals surface area contributed by atoms with Crippen molar-refractivity contribution in [2.45, 2.75) is 0 Å². The van der Waals surface area contributed by atoms with E-state index in [9.17, 15) is 4.79 Å². The van der Waals surface area contributed by atoms with Crippen LogP contribution in [0.5, 0.6) is 0 Å². The third-order valence-electron chi connectivity index (χ3n) is 1.16. The first-order valence-corrected chi connectivity index (χ1v) is 5.25. The quantitative estimate of drug-likeness (QED) is 0.607. The average Bonchev–Trinajstić information content (AvgIpc) is 2.05. The Bertz CT molecular complexity index is 280. The minimum absolute atomic E-state index is 0.139. The fourth-order valence-corrected chi connectivity index (χ4v) is 2.05. The Labute approximate surface area is 77.1 Å². The molecule has 0 aliphatic carbocycles. The molecule has 0 unspecified atom stereocenters. The zero-order valence-electron chi connectivity index (χ0n) is 6.31. The van der Waals surface area contributed by atoms with Crippen molar-refractivity contribution in [1.82, 2.24) is 0 Å². The summed E-state index contributed by atoms with van der Waals surface area (Å²) in [5.41, 5.74) is 0. The fraction of sp³-hybridized carbons (Fsp3) is 0. The molecular weight excluding hydrogens is 219 g/mol. The first-order valence-electron chi connectivity index (χ1n) is 3.40. The van der Waals surface area contributed by atoms with Crippen molar-refractivity contribution >= 4 is 25.4 Å². The molecule has 1 rings (SSSR count). The summed E-state index contributed by atoms with van der Waals surface area (Å²) in [7, 11) is 0. The van der Waals surface area contributed by atoms with Gasteiger partial charge in [0, 0.05) is 0 Å². The van der Waals surface area contributed by atoms with E-state index in [4.69, 9.17) is 5.11 Å². The van der Waals surface area contributed by atoms with Crippen LogP contribution in [0, 0.1) is 0 Å². The number of carboxylic acid groups (broad SMARTS) is 1. The van der Waals surface area contributed by atoms with E-state index >= 15 is 0 Å². The molecule has 0 fully saturated rings. The van der Waals surface area contributed by atoms with Gasteiger partial charge in [-0.25, -0.2) is 0 Å². The van der Waals surface area contributed by atoms with E-state index in [0.717, 1.165) is 0 Å². The number of carbonyl (C=O) groups is 1. The van der Waals surface area contributed by atoms with Crippen molar-refractivity contribution < 1.29 is 9.90 Å². The van der Waals surface area contributed by atoms with E-state index in [0.29, 0.717) is 0 Å². The zero-order valence-corrected chi connectivity index (χ0v) is 8.02. The molecule has 0 spiro atoms. The van der Waals surface area contributed by atoms with Crippen LogP contribution in [0.1, 0.15) is 0 Å². The van der Waals surface area contributed by atoms with Crippen molar-refractivity contribution in [3.63, 3.8) is 0 Å². The van der Waals surface area contributed by atoms with Gasteiger partial charge >= 0.3 is 76.7 Å². The Balaban J connectivity index is 2.49. The number of benzene rings is 1. The molecule has 0 radical (unpaired) electrons. The van der Waals surface area contributed by atoms with E-state index in [1.165, 1.54) is 10.5 Å². The van der Waals surface area contributed by atoms with Crippen molar-refractivity contribution in [3.8, 4) is 0 Å². The third-order valence-corrected chi connectivity index (χ3v) is 2.87. The summed E-state index contributed by atoms with van der Waals surface area (Å²) in [6.07, 6.45) is 1.19. The van der Waals surface area contributed by atoms with Crippen LogP contribution in [0.2, 0.25) is 0 Å². The molecular formula is C9H8O2Se. The zero-order chi connectivity index (χ0) is 8.81. The van der Waals surface area contributed by atoms with Crippen LogP contribution in [-0.2, 0) is 4.79 Å². The summed E-state index contributed by atoms with van der Waals surface area (Å²) >= 11 is 0.139. The third kappa shape index (κ3) is 3.37. The molecule has 2 nitrogen and oxygen atoms in total. The molecule has 62 valence electrons. The molecule has 0 amide bonds. The van der Waals surface area contributed by atoms with Gasteiger partial charge in [0.1, 0.15) is 0 Å². The van der Waals surface area contributed by atoms with Gasteiger partial charge < -0.3 is 0 Å². The van der Waals surface area contributed by atoms with Crippen molar-refractivity contribution in [2.75, 3.05) is 0 Å². The average molecular weight is 227 g/mol. The molecule has 1 aromatic carbocycles. The van der Waals surface area contributed by atoms with Crippen LogP contribution in [0.3, 0.4) is 0 Å². The molecule has 0 saturated carbocycles. The second-order valence-corrected chi connectivity index (χ2v) is 4.13. The van der Waals surface area contributed by atoms with Crippen molar-refractivity contribution in [3.05, 3.63) is 41.4 Å². The van der Waals surface area contributed by atoms with Gasteiger partial charge in [-0.05, 0) is 0 Å². The van der Waals surface area contributed by atoms with E-state index in [2.05, 4.69) is 0 Å². The monoisotopic (exact) mass is 228 g/mol. The molecule has 1 aromatic rings. The maximum absolute atomic E-state index is 10.1. The molecule has 12 heavy (non-hydrogen) atoms. The summed E-state index contributed by atoms with van der Waals surface area (Å²) < 4.78 is 1.18. The van der Waals surface area contributed by atoms with Gasteiger partial charge in [0.25, 0.3) is 0 Å². The molecule has 0 aliphatic rings. The number of rotatable bonds is 3. The van der Waals surface area contributed by atoms with Gasteiger partial charge in [0.15, 0.2) is 0 Å². The SMILES string of the molecule is O=C(O)/C=C/[Se]c1ccccc1. The predicted molar refractivity (Wildman–Crippen MR) is 48.6 cm³/mol. The first kappa shape index (κ1) is 9.04. The molecule has 0 aliphatic heterocycles. The summed E-state index contributed by atoms with van der Waals surface area (Å²) in [5, 5.41) is 8.31. The first-order chi connectivity index (χ1) is 5.79. The van der Waals surface area contributed by atoms with Crippen LogP contribution in [-0.4, -0.2) is 26.0 Å². The van der Waals surface area contributed by atoms with Crippen LogP contribution in [0.15, 0.2) is 41.4 Å². The number of hydrogen-bond donors (Lipinski definition) is 1. The van der Waals surface area contributed by atoms with Crippen molar-refractivity contribution in [2.24, 2.45) is 0 Å². The predicted octanol–water partition coefficient (Wildman–Crippen LogP) is 0.614. The molecule has 0 heterocycles. The van der Waals surface area contributed by atoms with Gasteiger partial charge in [0.2, 0.25) is 0 Å². The Kier molecular flexibility index (Phi) is 3.58. The van der Waals surface area contributed by atoms with Crippen LogP contribution >= 0.6 is 0 Å². The molecule has 0 aromatic heterocycles. The van der Waals surface area contributed by atoms with E-state index in [1.54, 1.807) is 4.97 Å². The second-order valence-electron chi connectivity index (χ2n) is 2.07. The second kappa shape index (κ2) is 4.75. The molecule has 1 N–H and O–H groups in total. The number of hydrogen-bond acceptors (Lipinski definition) is 1. The summed E-state index contributed by atoms with van der Waals surface area (Å²) in [6.45, 7) is 0. The Hall–Kier alpha value is -1.05. The standard InChI is InChI=1S/C9H8O2Se/c10-9(11)6-7-12-8-4-2-1-3-5-8/h1-7H,(H,10,11)/b7-6+. The summed E-state index contributed by atoms with van der Waals surface area (Å²) in [6, 6.07) is 9.83. The van der Waals surface area contributed by atoms with E-state index in [1.807, 2.05) is 30.3 Å². The van der Waals surface area contributed by atoms with Gasteiger partial charge in [-0.1, -0.05) is 0 Å². The topological polar surface area (TPSA) is 37.3 Å². The minimum atomic E-state index is -0.882. The van der Waals surface area contributed by atoms with Crippen LogP contribution in [0.25, 0.3) is 0 Å². The number of carboxylic acids is 1. The van der Waals surface area contributed by atoms with Crippen LogP contribution < -0.4 is 4.46 Å². The van der Waals surface area contributed by atoms with Gasteiger partial charge in [-0.3, -0.25) is 0 Å². The molecule has 0 bridgehead atoms. The van der Waals surface area contributed by atoms with Gasteiger partial charge in [-0.15, -0.1) is 0 Å². The number of aliphatic carboxylic acids is 1. The maximum atomic E-state index is 10.1. The van der Waals surface area contributed by atoms with Crippen LogP contribution in [0.4, 0.5) is 0 Å². The van der Waals surface area contributed by atoms with Gasteiger partial charge in [-0.2, -0.15) is 0 Å². The molecule has 0 atom stereocenters. The van der Waals surface area contributed by atoms with E-state index in [-0.39, 0.29) is 15.0 Å². The summed E-state index contributed by atoms with van der Waals surface area (Å²) in [5.74, 6) is -0.882. The van der Waals surface area contributed by atoms with Crippen molar-refractivity contribution in [1.29, 1.82) is 0 Å². The Morgan fingerprint density at radius 2 is 2.00 bits per heavy atom. The van der Waals surface area contributed by atoms with E-state index < -0.39 is 5.97 Å². The summed E-state index contributed by atoms with van der Waals surface area (Å²) in [4.78, 5) is 11.8. The molecule has 3 heteroatoms. The molecule has 0 saturated heterocycles. The Morgan fingerprint density at radius 1 is 1.33 bits per heavy atom. The Morgan fingerprint density at radius 3 is 2.58 bits per heavy atom.